The van der Waals surface area contributed by atoms with Crippen LogP contribution in [0.25, 0.3) is 0 Å². The largest absolute Gasteiger partial charge is 0.436 e. The van der Waals surface area contributed by atoms with Gasteiger partial charge in [-0.15, -0.1) is 0 Å². The van der Waals surface area contributed by atoms with Crippen LogP contribution in [0.3, 0.4) is 0 Å². The average Bonchev–Trinajstić information content (AvgIpc) is 2.74. The van der Waals surface area contributed by atoms with Gasteiger partial charge >= 0.3 is 0 Å². The molecule has 0 aliphatic rings. The number of aromatic nitrogens is 2. The molecule has 0 spiro atoms. The van der Waals surface area contributed by atoms with Gasteiger partial charge < -0.3 is 10.1 Å². The smallest absolute Gasteiger partial charge is 0.252 e. The van der Waals surface area contributed by atoms with Crippen LogP contribution >= 0.6 is 11.8 Å². The minimum atomic E-state index is -0.0249. The fourth-order valence-electron chi connectivity index (χ4n) is 2.81. The summed E-state index contributed by atoms with van der Waals surface area (Å²) in [5.74, 6) is 1.38. The van der Waals surface area contributed by atoms with Crippen molar-refractivity contribution in [1.29, 1.82) is 0 Å². The normalized spacial score (nSPS) is 11.7. The highest BCUT2D eigenvalue weighted by atomic mass is 32.2. The van der Waals surface area contributed by atoms with Gasteiger partial charge in [-0.3, -0.25) is 4.79 Å². The lowest BCUT2D eigenvalue weighted by Gasteiger charge is -2.14. The van der Waals surface area contributed by atoms with Gasteiger partial charge in [0.05, 0.1) is 5.75 Å². The van der Waals surface area contributed by atoms with Crippen LogP contribution in [0, 0.1) is 6.92 Å². The van der Waals surface area contributed by atoms with Gasteiger partial charge in [0, 0.05) is 18.4 Å². The van der Waals surface area contributed by atoms with Gasteiger partial charge in [0.2, 0.25) is 5.91 Å². The molecule has 1 heterocycles. The molecular formula is C23H25N3O2S. The van der Waals surface area contributed by atoms with Gasteiger partial charge in [-0.1, -0.05) is 60.3 Å². The lowest BCUT2D eigenvalue weighted by molar-refractivity contribution is -0.119. The van der Waals surface area contributed by atoms with Crippen molar-refractivity contribution in [2.45, 2.75) is 37.8 Å². The Kier molecular flexibility index (Phi) is 7.64. The van der Waals surface area contributed by atoms with E-state index in [1.807, 2.05) is 56.3 Å². The highest BCUT2D eigenvalue weighted by Gasteiger charge is 2.13. The number of rotatable bonds is 9. The predicted molar refractivity (Wildman–Crippen MR) is 116 cm³/mol. The first-order valence-corrected chi connectivity index (χ1v) is 10.6. The van der Waals surface area contributed by atoms with Gasteiger partial charge in [0.15, 0.2) is 5.03 Å². The zero-order chi connectivity index (χ0) is 20.5. The molecule has 150 valence electrons. The molecule has 1 N–H and O–H groups in total. The average molecular weight is 408 g/mol. The molecule has 0 saturated heterocycles. The molecule has 29 heavy (non-hydrogen) atoms. The minimum Gasteiger partial charge on any atom is -0.436 e. The second-order valence-corrected chi connectivity index (χ2v) is 7.78. The molecule has 2 aromatic carbocycles. The molecule has 1 unspecified atom stereocenters. The Bertz CT molecular complexity index is 934. The number of nitrogens with zero attached hydrogens (tertiary/aromatic N) is 2. The SMILES string of the molecule is Cc1ccccc1Oc1nccnc1SCC(=O)NC(C)CCc1ccccc1. The van der Waals surface area contributed by atoms with Crippen molar-refractivity contribution in [3.8, 4) is 11.6 Å². The number of thioether (sulfide) groups is 1. The van der Waals surface area contributed by atoms with Crippen LogP contribution in [0.1, 0.15) is 24.5 Å². The highest BCUT2D eigenvalue weighted by molar-refractivity contribution is 8.00. The van der Waals surface area contributed by atoms with Crippen LogP contribution in [0.2, 0.25) is 0 Å². The van der Waals surface area contributed by atoms with Crippen molar-refractivity contribution in [2.75, 3.05) is 5.75 Å². The molecule has 3 rings (SSSR count). The molecule has 0 aliphatic heterocycles. The quantitative estimate of drug-likeness (QED) is 0.516. The van der Waals surface area contributed by atoms with Crippen molar-refractivity contribution >= 4 is 17.7 Å². The second-order valence-electron chi connectivity index (χ2n) is 6.82. The van der Waals surface area contributed by atoms with Crippen molar-refractivity contribution in [3.05, 3.63) is 78.1 Å². The molecule has 0 aliphatic carbocycles. The third-order valence-corrected chi connectivity index (χ3v) is 5.35. The first-order chi connectivity index (χ1) is 14.1. The van der Waals surface area contributed by atoms with Crippen LogP contribution < -0.4 is 10.1 Å². The summed E-state index contributed by atoms with van der Waals surface area (Å²) >= 11 is 1.33. The summed E-state index contributed by atoms with van der Waals surface area (Å²) in [7, 11) is 0. The fraction of sp³-hybridized carbons (Fsp3) is 0.261. The molecule has 0 fully saturated rings. The molecule has 0 radical (unpaired) electrons. The first-order valence-electron chi connectivity index (χ1n) is 9.62. The monoisotopic (exact) mass is 407 g/mol. The van der Waals surface area contributed by atoms with Crippen molar-refractivity contribution in [2.24, 2.45) is 0 Å². The summed E-state index contributed by atoms with van der Waals surface area (Å²) in [5.41, 5.74) is 2.29. The van der Waals surface area contributed by atoms with Gasteiger partial charge in [0.1, 0.15) is 5.75 Å². The Balaban J connectivity index is 1.50. The first kappa shape index (κ1) is 20.9. The van der Waals surface area contributed by atoms with Gasteiger partial charge in [-0.25, -0.2) is 9.97 Å². The minimum absolute atomic E-state index is 0.0249. The number of benzene rings is 2. The maximum Gasteiger partial charge on any atom is 0.252 e. The van der Waals surface area contributed by atoms with Crippen LogP contribution in [0.4, 0.5) is 0 Å². The van der Waals surface area contributed by atoms with E-state index in [0.29, 0.717) is 10.9 Å². The number of carbonyl (C=O) groups is 1. The maximum absolute atomic E-state index is 12.3. The van der Waals surface area contributed by atoms with E-state index in [9.17, 15) is 4.79 Å². The van der Waals surface area contributed by atoms with E-state index in [-0.39, 0.29) is 17.7 Å². The van der Waals surface area contributed by atoms with E-state index < -0.39 is 0 Å². The second kappa shape index (κ2) is 10.6. The maximum atomic E-state index is 12.3. The Morgan fingerprint density at radius 2 is 1.79 bits per heavy atom. The van der Waals surface area contributed by atoms with Crippen LogP contribution in [-0.2, 0) is 11.2 Å². The number of para-hydroxylation sites is 1. The molecule has 1 aromatic heterocycles. The molecule has 1 amide bonds. The van der Waals surface area contributed by atoms with Crippen LogP contribution in [0.5, 0.6) is 11.6 Å². The Hall–Kier alpha value is -2.86. The number of ether oxygens (including phenoxy) is 1. The summed E-state index contributed by atoms with van der Waals surface area (Å²) in [5, 5.41) is 3.65. The molecule has 6 heteroatoms. The van der Waals surface area contributed by atoms with Gasteiger partial charge in [-0.2, -0.15) is 0 Å². The van der Waals surface area contributed by atoms with Gasteiger partial charge in [0.25, 0.3) is 5.88 Å². The van der Waals surface area contributed by atoms with Gasteiger partial charge in [-0.05, 0) is 43.9 Å². The molecule has 3 aromatic rings. The van der Waals surface area contributed by atoms with E-state index >= 15 is 0 Å². The van der Waals surface area contributed by atoms with E-state index in [1.165, 1.54) is 17.3 Å². The number of aryl methyl sites for hydroxylation is 2. The van der Waals surface area contributed by atoms with E-state index in [0.717, 1.165) is 24.2 Å². The summed E-state index contributed by atoms with van der Waals surface area (Å²) in [4.78, 5) is 20.9. The standard InChI is InChI=1S/C23H25N3O2S/c1-17-8-6-7-11-20(17)28-22-23(25-15-14-24-22)29-16-21(27)26-18(2)12-13-19-9-4-3-5-10-19/h3-11,14-15,18H,12-13,16H2,1-2H3,(H,26,27). The zero-order valence-corrected chi connectivity index (χ0v) is 17.5. The third kappa shape index (κ3) is 6.61. The summed E-state index contributed by atoms with van der Waals surface area (Å²) in [6.45, 7) is 4.00. The zero-order valence-electron chi connectivity index (χ0n) is 16.7. The number of amides is 1. The predicted octanol–water partition coefficient (Wildman–Crippen LogP) is 4.81. The van der Waals surface area contributed by atoms with Crippen molar-refractivity contribution in [1.82, 2.24) is 15.3 Å². The van der Waals surface area contributed by atoms with Crippen LogP contribution in [-0.4, -0.2) is 27.7 Å². The van der Waals surface area contributed by atoms with Crippen molar-refractivity contribution < 1.29 is 9.53 Å². The van der Waals surface area contributed by atoms with E-state index in [4.69, 9.17) is 4.74 Å². The molecule has 0 saturated carbocycles. The number of nitrogens with one attached hydrogen (secondary N) is 1. The molecular weight excluding hydrogens is 382 g/mol. The Morgan fingerprint density at radius 1 is 1.07 bits per heavy atom. The number of hydrogen-bond acceptors (Lipinski definition) is 5. The van der Waals surface area contributed by atoms with Crippen LogP contribution in [0.15, 0.2) is 72.0 Å². The van der Waals surface area contributed by atoms with Crippen molar-refractivity contribution in [3.63, 3.8) is 0 Å². The molecule has 5 nitrogen and oxygen atoms in total. The third-order valence-electron chi connectivity index (χ3n) is 4.39. The highest BCUT2D eigenvalue weighted by Crippen LogP contribution is 2.30. The van der Waals surface area contributed by atoms with E-state index in [1.54, 1.807) is 12.4 Å². The number of hydrogen-bond donors (Lipinski definition) is 1. The molecule has 0 bridgehead atoms. The number of carbonyl (C=O) groups excluding carboxylic acids is 1. The Morgan fingerprint density at radius 3 is 2.59 bits per heavy atom. The summed E-state index contributed by atoms with van der Waals surface area (Å²) < 4.78 is 5.92. The topological polar surface area (TPSA) is 64.1 Å². The Labute approximate surface area is 175 Å². The fourth-order valence-corrected chi connectivity index (χ4v) is 3.51. The van der Waals surface area contributed by atoms with E-state index in [2.05, 4.69) is 27.4 Å². The lowest BCUT2D eigenvalue weighted by Crippen LogP contribution is -2.34. The summed E-state index contributed by atoms with van der Waals surface area (Å²) in [6.07, 6.45) is 5.03. The lowest BCUT2D eigenvalue weighted by atomic mass is 10.1. The molecule has 1 atom stereocenters. The summed E-state index contributed by atoms with van der Waals surface area (Å²) in [6, 6.07) is 18.1.